The quantitative estimate of drug-likeness (QED) is 0.719. The molecule has 1 saturated carbocycles. The van der Waals surface area contributed by atoms with Gasteiger partial charge in [0.25, 0.3) is 0 Å². The third-order valence-electron chi connectivity index (χ3n) is 4.13. The highest BCUT2D eigenvalue weighted by atomic mass is 16.2. The zero-order valence-corrected chi connectivity index (χ0v) is 10.3. The monoisotopic (exact) mass is 223 g/mol. The molecule has 90 valence electrons. The number of hydrogen-bond acceptors (Lipinski definition) is 2. The average Bonchev–Trinajstić information content (AvgIpc) is 2.15. The van der Waals surface area contributed by atoms with Crippen LogP contribution in [0, 0.1) is 5.92 Å². The summed E-state index contributed by atoms with van der Waals surface area (Å²) in [6.07, 6.45) is 5.75. The second-order valence-electron chi connectivity index (χ2n) is 5.63. The highest BCUT2D eigenvalue weighted by Crippen LogP contribution is 2.32. The van der Waals surface area contributed by atoms with Gasteiger partial charge in [0.15, 0.2) is 5.78 Å². The maximum absolute atomic E-state index is 12.1. The van der Waals surface area contributed by atoms with E-state index >= 15 is 0 Å². The number of carbonyl (C=O) groups is 2. The van der Waals surface area contributed by atoms with Crippen molar-refractivity contribution in [1.29, 1.82) is 0 Å². The number of Topliss-reactive ketones (excluding diaryl/α,β-unsaturated/α-hetero) is 1. The summed E-state index contributed by atoms with van der Waals surface area (Å²) < 4.78 is 0. The van der Waals surface area contributed by atoms with E-state index in [-0.39, 0.29) is 11.7 Å². The molecule has 16 heavy (non-hydrogen) atoms. The molecule has 0 atom stereocenters. The Morgan fingerprint density at radius 1 is 1.38 bits per heavy atom. The molecule has 0 radical (unpaired) electrons. The predicted molar refractivity (Wildman–Crippen MR) is 62.0 cm³/mol. The number of hydrogen-bond donors (Lipinski definition) is 0. The second-order valence-corrected chi connectivity index (χ2v) is 5.63. The van der Waals surface area contributed by atoms with E-state index in [2.05, 4.69) is 0 Å². The number of likely N-dealkylation sites (tertiary alicyclic amines) is 1. The molecule has 0 aromatic carbocycles. The standard InChI is InChI=1S/C13H21NO2/c1-13(2)11(15)7-4-8-14(13)12(16)9-10-5-3-6-10/h10H,3-9H2,1-2H3. The number of piperidine rings is 1. The van der Waals surface area contributed by atoms with Crippen molar-refractivity contribution in [2.45, 2.75) is 57.9 Å². The van der Waals surface area contributed by atoms with Crippen LogP contribution in [0.1, 0.15) is 52.4 Å². The van der Waals surface area contributed by atoms with Crippen molar-refractivity contribution in [3.05, 3.63) is 0 Å². The van der Waals surface area contributed by atoms with Gasteiger partial charge >= 0.3 is 0 Å². The van der Waals surface area contributed by atoms with E-state index in [0.29, 0.717) is 18.8 Å². The fraction of sp³-hybridized carbons (Fsp3) is 0.846. The van der Waals surface area contributed by atoms with E-state index in [4.69, 9.17) is 0 Å². The Balaban J connectivity index is 2.00. The number of nitrogens with zero attached hydrogens (tertiary/aromatic N) is 1. The highest BCUT2D eigenvalue weighted by molar-refractivity contribution is 5.93. The summed E-state index contributed by atoms with van der Waals surface area (Å²) in [6, 6.07) is 0. The van der Waals surface area contributed by atoms with Gasteiger partial charge in [-0.25, -0.2) is 0 Å². The van der Waals surface area contributed by atoms with E-state index < -0.39 is 5.54 Å². The summed E-state index contributed by atoms with van der Waals surface area (Å²) >= 11 is 0. The first-order chi connectivity index (χ1) is 7.51. The summed E-state index contributed by atoms with van der Waals surface area (Å²) in [4.78, 5) is 25.7. The normalized spacial score (nSPS) is 25.4. The first-order valence-corrected chi connectivity index (χ1v) is 6.35. The van der Waals surface area contributed by atoms with Gasteiger partial charge in [0.05, 0.1) is 5.54 Å². The molecule has 2 aliphatic rings. The molecule has 2 fully saturated rings. The Kier molecular flexibility index (Phi) is 3.04. The highest BCUT2D eigenvalue weighted by Gasteiger charge is 2.40. The maximum Gasteiger partial charge on any atom is 0.223 e. The Morgan fingerprint density at radius 2 is 2.06 bits per heavy atom. The molecule has 3 heteroatoms. The largest absolute Gasteiger partial charge is 0.331 e. The van der Waals surface area contributed by atoms with Crippen LogP contribution in [0.2, 0.25) is 0 Å². The first kappa shape index (κ1) is 11.6. The Morgan fingerprint density at radius 3 is 2.62 bits per heavy atom. The third-order valence-corrected chi connectivity index (χ3v) is 4.13. The molecule has 0 aromatic heterocycles. The van der Waals surface area contributed by atoms with Crippen molar-refractivity contribution in [3.8, 4) is 0 Å². The zero-order chi connectivity index (χ0) is 11.8. The summed E-state index contributed by atoms with van der Waals surface area (Å²) in [6.45, 7) is 4.52. The van der Waals surface area contributed by atoms with Crippen LogP contribution < -0.4 is 0 Å². The predicted octanol–water partition coefficient (Wildman–Crippen LogP) is 2.15. The molecule has 0 unspecified atom stereocenters. The minimum Gasteiger partial charge on any atom is -0.331 e. The number of amides is 1. The van der Waals surface area contributed by atoms with Gasteiger partial charge in [0.2, 0.25) is 5.91 Å². The van der Waals surface area contributed by atoms with Crippen LogP contribution in [0.3, 0.4) is 0 Å². The van der Waals surface area contributed by atoms with Crippen molar-refractivity contribution in [3.63, 3.8) is 0 Å². The lowest BCUT2D eigenvalue weighted by Gasteiger charge is -2.42. The van der Waals surface area contributed by atoms with Crippen molar-refractivity contribution >= 4 is 11.7 Å². The molecule has 1 heterocycles. The Bertz CT molecular complexity index is 305. The molecule has 3 nitrogen and oxygen atoms in total. The molecule has 0 spiro atoms. The first-order valence-electron chi connectivity index (χ1n) is 6.35. The molecule has 0 aromatic rings. The summed E-state index contributed by atoms with van der Waals surface area (Å²) in [7, 11) is 0. The van der Waals surface area contributed by atoms with Crippen LogP contribution in [0.15, 0.2) is 0 Å². The smallest absolute Gasteiger partial charge is 0.223 e. The molecule has 0 bridgehead atoms. The van der Waals surface area contributed by atoms with E-state index in [1.807, 2.05) is 13.8 Å². The maximum atomic E-state index is 12.1. The van der Waals surface area contributed by atoms with Gasteiger partial charge in [-0.1, -0.05) is 6.42 Å². The lowest BCUT2D eigenvalue weighted by molar-refractivity contribution is -0.149. The molecule has 1 aliphatic heterocycles. The van der Waals surface area contributed by atoms with Gasteiger partial charge in [-0.05, 0) is 39.0 Å². The minimum absolute atomic E-state index is 0.183. The van der Waals surface area contributed by atoms with Gasteiger partial charge in [-0.2, -0.15) is 0 Å². The van der Waals surface area contributed by atoms with Crippen LogP contribution >= 0.6 is 0 Å². The molecule has 1 aliphatic carbocycles. The SMILES string of the molecule is CC1(C)C(=O)CCCN1C(=O)CC1CCC1. The Hall–Kier alpha value is -0.860. The van der Waals surface area contributed by atoms with Crippen molar-refractivity contribution < 1.29 is 9.59 Å². The molecule has 1 amide bonds. The summed E-state index contributed by atoms with van der Waals surface area (Å²) in [5.41, 5.74) is -0.570. The van der Waals surface area contributed by atoms with Gasteiger partial charge < -0.3 is 4.90 Å². The van der Waals surface area contributed by atoms with Crippen molar-refractivity contribution in [1.82, 2.24) is 4.90 Å². The summed E-state index contributed by atoms with van der Waals surface area (Å²) in [5, 5.41) is 0. The van der Waals surface area contributed by atoms with Gasteiger partial charge in [0, 0.05) is 19.4 Å². The minimum atomic E-state index is -0.570. The lowest BCUT2D eigenvalue weighted by atomic mass is 9.81. The van der Waals surface area contributed by atoms with Gasteiger partial charge in [-0.15, -0.1) is 0 Å². The van der Waals surface area contributed by atoms with E-state index in [0.717, 1.165) is 13.0 Å². The molecule has 0 N–H and O–H groups in total. The third kappa shape index (κ3) is 2.00. The van der Waals surface area contributed by atoms with Crippen molar-refractivity contribution in [2.24, 2.45) is 5.92 Å². The number of ketones is 1. The van der Waals surface area contributed by atoms with Crippen molar-refractivity contribution in [2.75, 3.05) is 6.54 Å². The van der Waals surface area contributed by atoms with Crippen LogP contribution in [0.4, 0.5) is 0 Å². The van der Waals surface area contributed by atoms with Crippen LogP contribution in [-0.2, 0) is 9.59 Å². The summed E-state index contributed by atoms with van der Waals surface area (Å²) in [5.74, 6) is 0.976. The van der Waals surface area contributed by atoms with E-state index in [1.165, 1.54) is 19.3 Å². The molecular formula is C13H21NO2. The lowest BCUT2D eigenvalue weighted by Crippen LogP contribution is -2.56. The fourth-order valence-electron chi connectivity index (χ4n) is 2.62. The van der Waals surface area contributed by atoms with E-state index in [9.17, 15) is 9.59 Å². The average molecular weight is 223 g/mol. The van der Waals surface area contributed by atoms with E-state index in [1.54, 1.807) is 4.90 Å². The topological polar surface area (TPSA) is 37.4 Å². The molecule has 2 rings (SSSR count). The number of rotatable bonds is 2. The molecular weight excluding hydrogens is 202 g/mol. The Labute approximate surface area is 97.2 Å². The van der Waals surface area contributed by atoms with Crippen LogP contribution in [0.25, 0.3) is 0 Å². The zero-order valence-electron chi connectivity index (χ0n) is 10.3. The fourth-order valence-corrected chi connectivity index (χ4v) is 2.62. The van der Waals surface area contributed by atoms with Gasteiger partial charge in [-0.3, -0.25) is 9.59 Å². The molecule has 1 saturated heterocycles. The van der Waals surface area contributed by atoms with Gasteiger partial charge in [0.1, 0.15) is 0 Å². The van der Waals surface area contributed by atoms with Crippen LogP contribution in [-0.4, -0.2) is 28.7 Å². The van der Waals surface area contributed by atoms with Crippen LogP contribution in [0.5, 0.6) is 0 Å². The second kappa shape index (κ2) is 4.19. The number of carbonyl (C=O) groups excluding carboxylic acids is 2.